The molecule has 0 spiro atoms. The van der Waals surface area contributed by atoms with Crippen LogP contribution in [0.3, 0.4) is 0 Å². The van der Waals surface area contributed by atoms with E-state index in [0.717, 1.165) is 18.5 Å². The van der Waals surface area contributed by atoms with E-state index in [2.05, 4.69) is 5.32 Å². The van der Waals surface area contributed by atoms with Crippen LogP contribution in [0.5, 0.6) is 0 Å². The number of non-ortho nitro benzene ring substituents is 1. The van der Waals surface area contributed by atoms with E-state index in [4.69, 9.17) is 5.73 Å². The molecular formula is C12H17N3O2. The zero-order valence-corrected chi connectivity index (χ0v) is 9.63. The second kappa shape index (κ2) is 5.14. The summed E-state index contributed by atoms with van der Waals surface area (Å²) in [6.07, 6.45) is 4.39. The Morgan fingerprint density at radius 2 is 2.12 bits per heavy atom. The van der Waals surface area contributed by atoms with Crippen LogP contribution in [0.25, 0.3) is 0 Å². The molecule has 0 aliphatic heterocycles. The molecule has 5 nitrogen and oxygen atoms in total. The fourth-order valence-corrected chi connectivity index (χ4v) is 2.26. The van der Waals surface area contributed by atoms with Crippen molar-refractivity contribution in [1.29, 1.82) is 0 Å². The first-order valence-electron chi connectivity index (χ1n) is 5.93. The smallest absolute Gasteiger partial charge is 0.271 e. The Balaban J connectivity index is 2.07. The van der Waals surface area contributed by atoms with E-state index in [0.29, 0.717) is 0 Å². The van der Waals surface area contributed by atoms with Crippen LogP contribution in [0.2, 0.25) is 0 Å². The maximum absolute atomic E-state index is 10.7. The highest BCUT2D eigenvalue weighted by atomic mass is 16.6. The van der Waals surface area contributed by atoms with Gasteiger partial charge < -0.3 is 11.1 Å². The predicted octanol–water partition coefficient (Wildman–Crippen LogP) is 2.28. The zero-order valence-electron chi connectivity index (χ0n) is 9.63. The molecule has 5 heteroatoms. The summed E-state index contributed by atoms with van der Waals surface area (Å²) >= 11 is 0. The van der Waals surface area contributed by atoms with Crippen molar-refractivity contribution < 1.29 is 4.92 Å². The Morgan fingerprint density at radius 3 is 2.82 bits per heavy atom. The minimum atomic E-state index is -0.383. The molecule has 17 heavy (non-hydrogen) atoms. The number of anilines is 1. The maximum atomic E-state index is 10.7. The van der Waals surface area contributed by atoms with E-state index in [9.17, 15) is 10.1 Å². The highest BCUT2D eigenvalue weighted by Crippen LogP contribution is 2.23. The summed E-state index contributed by atoms with van der Waals surface area (Å²) in [4.78, 5) is 10.3. The average Bonchev–Trinajstić information content (AvgIpc) is 2.32. The molecule has 0 saturated heterocycles. The Hall–Kier alpha value is -1.62. The standard InChI is InChI=1S/C12H17N3O2/c13-11-6-1-2-7-12(11)14-9-4-3-5-10(8-9)15(16)17/h3-5,8,11-12,14H,1-2,6-7,13H2. The molecule has 1 aromatic carbocycles. The minimum Gasteiger partial charge on any atom is -0.381 e. The van der Waals surface area contributed by atoms with Crippen LogP contribution in [-0.4, -0.2) is 17.0 Å². The van der Waals surface area contributed by atoms with Gasteiger partial charge in [-0.15, -0.1) is 0 Å². The van der Waals surface area contributed by atoms with Gasteiger partial charge in [0, 0.05) is 29.9 Å². The van der Waals surface area contributed by atoms with Gasteiger partial charge in [0.15, 0.2) is 0 Å². The number of nitro groups is 1. The number of hydrogen-bond donors (Lipinski definition) is 2. The van der Waals surface area contributed by atoms with Gasteiger partial charge in [-0.1, -0.05) is 18.9 Å². The summed E-state index contributed by atoms with van der Waals surface area (Å²) < 4.78 is 0. The molecule has 2 rings (SSSR count). The molecule has 0 radical (unpaired) electrons. The van der Waals surface area contributed by atoms with E-state index in [1.807, 2.05) is 6.07 Å². The average molecular weight is 235 g/mol. The third-order valence-electron chi connectivity index (χ3n) is 3.23. The number of benzene rings is 1. The number of nitro benzene ring substituents is 1. The first kappa shape index (κ1) is 11.9. The number of nitrogens with zero attached hydrogens (tertiary/aromatic N) is 1. The lowest BCUT2D eigenvalue weighted by Gasteiger charge is -2.30. The lowest BCUT2D eigenvalue weighted by atomic mass is 9.91. The topological polar surface area (TPSA) is 81.2 Å². The molecule has 1 fully saturated rings. The molecule has 1 aliphatic rings. The monoisotopic (exact) mass is 235 g/mol. The number of nitrogens with one attached hydrogen (secondary N) is 1. The number of nitrogens with two attached hydrogens (primary N) is 1. The third-order valence-corrected chi connectivity index (χ3v) is 3.23. The van der Waals surface area contributed by atoms with Gasteiger partial charge in [0.05, 0.1) is 4.92 Å². The van der Waals surface area contributed by atoms with Crippen molar-refractivity contribution in [2.75, 3.05) is 5.32 Å². The van der Waals surface area contributed by atoms with Crippen LogP contribution in [0, 0.1) is 10.1 Å². The van der Waals surface area contributed by atoms with Crippen molar-refractivity contribution in [3.63, 3.8) is 0 Å². The summed E-state index contributed by atoms with van der Waals surface area (Å²) in [5.41, 5.74) is 6.92. The molecule has 92 valence electrons. The summed E-state index contributed by atoms with van der Waals surface area (Å²) in [7, 11) is 0. The van der Waals surface area contributed by atoms with Gasteiger partial charge in [-0.3, -0.25) is 10.1 Å². The highest BCUT2D eigenvalue weighted by Gasteiger charge is 2.21. The fourth-order valence-electron chi connectivity index (χ4n) is 2.26. The molecule has 1 aromatic rings. The van der Waals surface area contributed by atoms with E-state index in [1.165, 1.54) is 18.9 Å². The van der Waals surface area contributed by atoms with Gasteiger partial charge in [0.2, 0.25) is 0 Å². The second-order valence-electron chi connectivity index (χ2n) is 4.51. The molecule has 0 amide bonds. The van der Waals surface area contributed by atoms with Crippen LogP contribution in [0.15, 0.2) is 24.3 Å². The number of hydrogen-bond acceptors (Lipinski definition) is 4. The van der Waals surface area contributed by atoms with E-state index >= 15 is 0 Å². The second-order valence-corrected chi connectivity index (χ2v) is 4.51. The summed E-state index contributed by atoms with van der Waals surface area (Å²) in [6, 6.07) is 6.95. The van der Waals surface area contributed by atoms with Crippen molar-refractivity contribution in [3.05, 3.63) is 34.4 Å². The minimum absolute atomic E-state index is 0.111. The van der Waals surface area contributed by atoms with Gasteiger partial charge in [-0.25, -0.2) is 0 Å². The molecule has 1 aliphatic carbocycles. The van der Waals surface area contributed by atoms with Crippen LogP contribution in [0.4, 0.5) is 11.4 Å². The van der Waals surface area contributed by atoms with Crippen LogP contribution in [0.1, 0.15) is 25.7 Å². The van der Waals surface area contributed by atoms with Crippen molar-refractivity contribution in [1.82, 2.24) is 0 Å². The predicted molar refractivity (Wildman–Crippen MR) is 67.0 cm³/mol. The van der Waals surface area contributed by atoms with Crippen LogP contribution in [-0.2, 0) is 0 Å². The van der Waals surface area contributed by atoms with Gasteiger partial charge >= 0.3 is 0 Å². The van der Waals surface area contributed by atoms with Crippen LogP contribution < -0.4 is 11.1 Å². The molecular weight excluding hydrogens is 218 g/mol. The molecule has 0 heterocycles. The van der Waals surface area contributed by atoms with Crippen LogP contribution >= 0.6 is 0 Å². The highest BCUT2D eigenvalue weighted by molar-refractivity contribution is 5.51. The van der Waals surface area contributed by atoms with Gasteiger partial charge in [-0.2, -0.15) is 0 Å². The normalized spacial score (nSPS) is 24.3. The maximum Gasteiger partial charge on any atom is 0.271 e. The van der Waals surface area contributed by atoms with Crippen molar-refractivity contribution in [2.24, 2.45) is 5.73 Å². The van der Waals surface area contributed by atoms with Crippen molar-refractivity contribution in [2.45, 2.75) is 37.8 Å². The third kappa shape index (κ3) is 2.94. The van der Waals surface area contributed by atoms with E-state index in [-0.39, 0.29) is 22.7 Å². The Labute approximate surface area is 100 Å². The largest absolute Gasteiger partial charge is 0.381 e. The first-order valence-corrected chi connectivity index (χ1v) is 5.93. The summed E-state index contributed by atoms with van der Waals surface area (Å²) in [6.45, 7) is 0. The van der Waals surface area contributed by atoms with Gasteiger partial charge in [0.1, 0.15) is 0 Å². The van der Waals surface area contributed by atoms with Crippen molar-refractivity contribution >= 4 is 11.4 Å². The van der Waals surface area contributed by atoms with E-state index in [1.54, 1.807) is 12.1 Å². The molecule has 2 unspecified atom stereocenters. The Kier molecular flexibility index (Phi) is 3.58. The first-order chi connectivity index (χ1) is 8.16. The van der Waals surface area contributed by atoms with Gasteiger partial charge in [-0.05, 0) is 18.9 Å². The lowest BCUT2D eigenvalue weighted by molar-refractivity contribution is -0.384. The molecule has 1 saturated carbocycles. The fraction of sp³-hybridized carbons (Fsp3) is 0.500. The number of rotatable bonds is 3. The van der Waals surface area contributed by atoms with Crippen molar-refractivity contribution in [3.8, 4) is 0 Å². The molecule has 3 N–H and O–H groups in total. The quantitative estimate of drug-likeness (QED) is 0.622. The van der Waals surface area contributed by atoms with E-state index < -0.39 is 0 Å². The molecule has 2 atom stereocenters. The molecule has 0 bridgehead atoms. The lowest BCUT2D eigenvalue weighted by Crippen LogP contribution is -2.42. The Morgan fingerprint density at radius 1 is 1.35 bits per heavy atom. The summed E-state index contributed by atoms with van der Waals surface area (Å²) in [5, 5.41) is 14.0. The Bertz CT molecular complexity index is 408. The summed E-state index contributed by atoms with van der Waals surface area (Å²) in [5.74, 6) is 0. The molecule has 0 aromatic heterocycles. The zero-order chi connectivity index (χ0) is 12.3. The van der Waals surface area contributed by atoms with Gasteiger partial charge in [0.25, 0.3) is 5.69 Å². The SMILES string of the molecule is NC1CCCCC1Nc1cccc([N+](=O)[O-])c1.